The van der Waals surface area contributed by atoms with Crippen molar-refractivity contribution in [2.45, 2.75) is 25.6 Å². The predicted octanol–water partition coefficient (Wildman–Crippen LogP) is 6.82. The Bertz CT molecular complexity index is 1030. The number of hydrogen-bond donors (Lipinski definition) is 0. The van der Waals surface area contributed by atoms with Crippen molar-refractivity contribution >= 4 is 48.9 Å². The highest BCUT2D eigenvalue weighted by Crippen LogP contribution is 2.51. The zero-order valence-corrected chi connectivity index (χ0v) is 18.5. The monoisotopic (exact) mass is 502 g/mol. The van der Waals surface area contributed by atoms with Crippen LogP contribution in [0.2, 0.25) is 0 Å². The molecule has 6 heteroatoms. The molecule has 0 unspecified atom stereocenters. The lowest BCUT2D eigenvalue weighted by molar-refractivity contribution is -0.0197. The Morgan fingerprint density at radius 2 is 1.96 bits per heavy atom. The molecule has 2 aliphatic heterocycles. The third-order valence-corrected chi connectivity index (χ3v) is 6.94. The van der Waals surface area contributed by atoms with Crippen LogP contribution in [-0.2, 0) is 0 Å². The summed E-state index contributed by atoms with van der Waals surface area (Å²) in [7, 11) is 0. The molecule has 2 aromatic carbocycles. The third kappa shape index (κ3) is 3.04. The SMILES string of the molecule is Cc1ccc([C@@H]2Oc3c(Br)cc(Br)cc3[C@H]3CC(c4cccs4)=NN32)cc1. The molecule has 0 radical (unpaired) electrons. The lowest BCUT2D eigenvalue weighted by Gasteiger charge is -2.38. The number of thiophene rings is 1. The van der Waals surface area contributed by atoms with E-state index >= 15 is 0 Å². The second-order valence-electron chi connectivity index (χ2n) is 6.81. The average molecular weight is 504 g/mol. The van der Waals surface area contributed by atoms with Crippen LogP contribution < -0.4 is 4.74 Å². The first kappa shape index (κ1) is 17.5. The van der Waals surface area contributed by atoms with Crippen LogP contribution in [0.4, 0.5) is 0 Å². The van der Waals surface area contributed by atoms with Crippen LogP contribution in [0.1, 0.15) is 40.3 Å². The number of hydrogen-bond acceptors (Lipinski definition) is 4. The molecule has 0 spiro atoms. The van der Waals surface area contributed by atoms with Crippen molar-refractivity contribution in [1.29, 1.82) is 0 Å². The summed E-state index contributed by atoms with van der Waals surface area (Å²) in [4.78, 5) is 1.22. The Labute approximate surface area is 178 Å². The van der Waals surface area contributed by atoms with Gasteiger partial charge < -0.3 is 4.74 Å². The van der Waals surface area contributed by atoms with E-state index in [1.807, 2.05) is 6.07 Å². The van der Waals surface area contributed by atoms with Crippen LogP contribution in [0, 0.1) is 6.92 Å². The van der Waals surface area contributed by atoms with Gasteiger partial charge in [-0.15, -0.1) is 11.3 Å². The van der Waals surface area contributed by atoms with E-state index in [2.05, 4.69) is 91.6 Å². The Kier molecular flexibility index (Phi) is 4.37. The van der Waals surface area contributed by atoms with Crippen LogP contribution in [0.25, 0.3) is 0 Å². The van der Waals surface area contributed by atoms with Crippen molar-refractivity contribution in [2.24, 2.45) is 5.10 Å². The molecule has 3 aromatic rings. The maximum Gasteiger partial charge on any atom is 0.213 e. The van der Waals surface area contributed by atoms with Crippen molar-refractivity contribution in [1.82, 2.24) is 5.01 Å². The fourth-order valence-corrected chi connectivity index (χ4v) is 5.73. The third-order valence-electron chi connectivity index (χ3n) is 4.98. The molecule has 0 saturated heterocycles. The molecule has 2 atom stereocenters. The van der Waals surface area contributed by atoms with E-state index in [0.29, 0.717) is 0 Å². The maximum atomic E-state index is 6.48. The fourth-order valence-electron chi connectivity index (χ4n) is 3.66. The minimum atomic E-state index is -0.238. The molecule has 5 rings (SSSR count). The number of fused-ring (bicyclic) bond motifs is 3. The van der Waals surface area contributed by atoms with Gasteiger partial charge in [-0.1, -0.05) is 51.8 Å². The number of ether oxygens (including phenoxy) is 1. The summed E-state index contributed by atoms with van der Waals surface area (Å²) in [6, 6.07) is 17.1. The summed E-state index contributed by atoms with van der Waals surface area (Å²) in [5.74, 6) is 0.910. The molecule has 1 aromatic heterocycles. The molecular formula is C21H16Br2N2OS. The average Bonchev–Trinajstić information content (AvgIpc) is 3.32. The van der Waals surface area contributed by atoms with Crippen molar-refractivity contribution in [3.8, 4) is 5.75 Å². The van der Waals surface area contributed by atoms with E-state index in [-0.39, 0.29) is 12.3 Å². The quantitative estimate of drug-likeness (QED) is 0.383. The van der Waals surface area contributed by atoms with Crippen LogP contribution in [-0.4, -0.2) is 10.7 Å². The number of nitrogens with zero attached hydrogens (tertiary/aromatic N) is 2. The molecule has 3 heterocycles. The normalized spacial score (nSPS) is 20.7. The summed E-state index contributed by atoms with van der Waals surface area (Å²) in [5, 5.41) is 9.22. The highest BCUT2D eigenvalue weighted by atomic mass is 79.9. The van der Waals surface area contributed by atoms with Gasteiger partial charge in [0.05, 0.1) is 21.1 Å². The number of hydrazone groups is 1. The van der Waals surface area contributed by atoms with Crippen molar-refractivity contribution in [3.63, 3.8) is 0 Å². The molecule has 0 bridgehead atoms. The van der Waals surface area contributed by atoms with Crippen LogP contribution in [0.15, 0.2) is 68.0 Å². The topological polar surface area (TPSA) is 24.8 Å². The molecule has 0 amide bonds. The van der Waals surface area contributed by atoms with Crippen molar-refractivity contribution in [3.05, 3.63) is 84.4 Å². The molecular weight excluding hydrogens is 488 g/mol. The summed E-state index contributed by atoms with van der Waals surface area (Å²) in [6.07, 6.45) is 0.639. The van der Waals surface area contributed by atoms with Gasteiger partial charge in [0, 0.05) is 22.0 Å². The molecule has 2 aliphatic rings. The summed E-state index contributed by atoms with van der Waals surface area (Å²) in [6.45, 7) is 2.10. The molecule has 0 N–H and O–H groups in total. The number of halogens is 2. The first-order valence-corrected chi connectivity index (χ1v) is 11.2. The smallest absolute Gasteiger partial charge is 0.213 e. The predicted molar refractivity (Wildman–Crippen MR) is 116 cm³/mol. The van der Waals surface area contributed by atoms with Crippen LogP contribution >= 0.6 is 43.2 Å². The highest BCUT2D eigenvalue weighted by molar-refractivity contribution is 9.11. The van der Waals surface area contributed by atoms with Gasteiger partial charge in [-0.05, 0) is 46.4 Å². The molecule has 0 saturated carbocycles. The van der Waals surface area contributed by atoms with Crippen LogP contribution in [0.5, 0.6) is 5.75 Å². The lowest BCUT2D eigenvalue weighted by atomic mass is 9.97. The standard InChI is InChI=1S/C21H16Br2N2OS/c1-12-4-6-13(7-5-12)21-25-18(11-17(24-25)19-3-2-8-27-19)15-9-14(22)10-16(23)20(15)26-21/h2-10,18,21H,11H2,1H3/t18-,21+/m1/s1. The zero-order valence-electron chi connectivity index (χ0n) is 14.5. The van der Waals surface area contributed by atoms with E-state index < -0.39 is 0 Å². The van der Waals surface area contributed by atoms with Gasteiger partial charge in [-0.2, -0.15) is 5.10 Å². The molecule has 3 nitrogen and oxygen atoms in total. The Morgan fingerprint density at radius 3 is 2.70 bits per heavy atom. The van der Waals surface area contributed by atoms with Crippen LogP contribution in [0.3, 0.4) is 0 Å². The first-order valence-electron chi connectivity index (χ1n) is 8.72. The minimum Gasteiger partial charge on any atom is -0.463 e. The van der Waals surface area contributed by atoms with Gasteiger partial charge in [0.1, 0.15) is 5.75 Å². The number of rotatable bonds is 2. The first-order chi connectivity index (χ1) is 13.1. The lowest BCUT2D eigenvalue weighted by Crippen LogP contribution is -2.33. The largest absolute Gasteiger partial charge is 0.463 e. The van der Waals surface area contributed by atoms with Gasteiger partial charge in [0.25, 0.3) is 0 Å². The van der Waals surface area contributed by atoms with E-state index in [4.69, 9.17) is 9.84 Å². The van der Waals surface area contributed by atoms with E-state index in [9.17, 15) is 0 Å². The van der Waals surface area contributed by atoms with Gasteiger partial charge in [0.2, 0.25) is 6.23 Å². The number of aryl methyl sites for hydroxylation is 1. The van der Waals surface area contributed by atoms with Gasteiger partial charge in [0.15, 0.2) is 0 Å². The summed E-state index contributed by atoms with van der Waals surface area (Å²) < 4.78 is 8.48. The minimum absolute atomic E-state index is 0.158. The van der Waals surface area contributed by atoms with E-state index in [0.717, 1.165) is 38.0 Å². The van der Waals surface area contributed by atoms with E-state index in [1.54, 1.807) is 11.3 Å². The summed E-state index contributed by atoms with van der Waals surface area (Å²) in [5.41, 5.74) is 4.64. The molecule has 27 heavy (non-hydrogen) atoms. The summed E-state index contributed by atoms with van der Waals surface area (Å²) >= 11 is 9.04. The highest BCUT2D eigenvalue weighted by Gasteiger charge is 2.42. The van der Waals surface area contributed by atoms with Gasteiger partial charge in [-0.25, -0.2) is 5.01 Å². The van der Waals surface area contributed by atoms with E-state index in [1.165, 1.54) is 10.4 Å². The number of benzene rings is 2. The molecule has 0 aliphatic carbocycles. The van der Waals surface area contributed by atoms with Gasteiger partial charge in [-0.3, -0.25) is 0 Å². The van der Waals surface area contributed by atoms with Gasteiger partial charge >= 0.3 is 0 Å². The Morgan fingerprint density at radius 1 is 1.15 bits per heavy atom. The van der Waals surface area contributed by atoms with Crippen molar-refractivity contribution in [2.75, 3.05) is 0 Å². The maximum absolute atomic E-state index is 6.48. The molecule has 0 fully saturated rings. The molecule has 136 valence electrons. The second-order valence-corrected chi connectivity index (χ2v) is 9.53. The van der Waals surface area contributed by atoms with Crippen molar-refractivity contribution < 1.29 is 4.74 Å². The fraction of sp³-hybridized carbons (Fsp3) is 0.190. The Hall–Kier alpha value is -1.63. The second kappa shape index (κ2) is 6.76. The zero-order chi connectivity index (χ0) is 18.5. The Balaban J connectivity index is 1.64.